The summed E-state index contributed by atoms with van der Waals surface area (Å²) in [5.74, 6) is 1.86. The minimum Gasteiger partial charge on any atom is -0.381 e. The van der Waals surface area contributed by atoms with Gasteiger partial charge in [0, 0.05) is 16.1 Å². The molecule has 0 radical (unpaired) electrons. The topological polar surface area (TPSA) is 52.0 Å². The first-order valence-electron chi connectivity index (χ1n) is 5.26. The van der Waals surface area contributed by atoms with Crippen molar-refractivity contribution in [3.05, 3.63) is 34.3 Å². The molecular formula is C12H11BrN2O. The highest BCUT2D eigenvalue weighted by Crippen LogP contribution is 2.44. The van der Waals surface area contributed by atoms with E-state index < -0.39 is 0 Å². The van der Waals surface area contributed by atoms with Gasteiger partial charge >= 0.3 is 0 Å². The highest BCUT2D eigenvalue weighted by Gasteiger charge is 2.25. The smallest absolute Gasteiger partial charge is 0.169 e. The summed E-state index contributed by atoms with van der Waals surface area (Å²) in [6.45, 7) is 0. The molecule has 0 saturated heterocycles. The lowest BCUT2D eigenvalue weighted by molar-refractivity contribution is 0.436. The van der Waals surface area contributed by atoms with Crippen molar-refractivity contribution in [3.8, 4) is 11.3 Å². The van der Waals surface area contributed by atoms with Gasteiger partial charge in [0.2, 0.25) is 0 Å². The zero-order valence-corrected chi connectivity index (χ0v) is 10.2. The van der Waals surface area contributed by atoms with Gasteiger partial charge in [-0.2, -0.15) is 0 Å². The lowest BCUT2D eigenvalue weighted by Gasteiger charge is -2.03. The molecule has 0 aliphatic heterocycles. The van der Waals surface area contributed by atoms with Crippen molar-refractivity contribution in [2.24, 2.45) is 0 Å². The van der Waals surface area contributed by atoms with Crippen LogP contribution in [-0.4, -0.2) is 5.16 Å². The van der Waals surface area contributed by atoms with E-state index in [4.69, 9.17) is 10.3 Å². The van der Waals surface area contributed by atoms with Crippen molar-refractivity contribution < 1.29 is 4.52 Å². The molecule has 1 fully saturated rings. The van der Waals surface area contributed by atoms with E-state index in [0.29, 0.717) is 11.6 Å². The van der Waals surface area contributed by atoms with E-state index in [0.717, 1.165) is 16.0 Å². The maximum atomic E-state index is 5.53. The van der Waals surface area contributed by atoms with Crippen LogP contribution in [0.15, 0.2) is 33.3 Å². The van der Waals surface area contributed by atoms with Gasteiger partial charge in [0.25, 0.3) is 0 Å². The number of halogens is 1. The van der Waals surface area contributed by atoms with Gasteiger partial charge in [0.1, 0.15) is 0 Å². The summed E-state index contributed by atoms with van der Waals surface area (Å²) < 4.78 is 6.27. The van der Waals surface area contributed by atoms with Crippen LogP contribution in [0.25, 0.3) is 11.3 Å². The molecule has 3 nitrogen and oxygen atoms in total. The van der Waals surface area contributed by atoms with Crippen molar-refractivity contribution >= 4 is 21.7 Å². The Hall–Kier alpha value is -1.29. The van der Waals surface area contributed by atoms with Crippen LogP contribution in [0.2, 0.25) is 0 Å². The fourth-order valence-electron chi connectivity index (χ4n) is 1.83. The minimum absolute atomic E-state index is 0.414. The van der Waals surface area contributed by atoms with Crippen molar-refractivity contribution in [1.29, 1.82) is 0 Å². The summed E-state index contributed by atoms with van der Waals surface area (Å²) in [7, 11) is 0. The third-order valence-corrected chi connectivity index (χ3v) is 3.52. The second kappa shape index (κ2) is 3.63. The van der Waals surface area contributed by atoms with Crippen molar-refractivity contribution in [2.75, 3.05) is 5.73 Å². The van der Waals surface area contributed by atoms with Crippen LogP contribution in [-0.2, 0) is 0 Å². The van der Waals surface area contributed by atoms with E-state index in [-0.39, 0.29) is 0 Å². The van der Waals surface area contributed by atoms with Crippen LogP contribution in [0, 0.1) is 0 Å². The maximum Gasteiger partial charge on any atom is 0.169 e. The van der Waals surface area contributed by atoms with Gasteiger partial charge in [-0.3, -0.25) is 0 Å². The summed E-state index contributed by atoms with van der Waals surface area (Å²) in [4.78, 5) is 0. The van der Waals surface area contributed by atoms with E-state index in [9.17, 15) is 0 Å². The fourth-order valence-corrected chi connectivity index (χ4v) is 2.53. The zero-order chi connectivity index (χ0) is 11.1. The largest absolute Gasteiger partial charge is 0.381 e. The summed E-state index contributed by atoms with van der Waals surface area (Å²) >= 11 is 3.60. The predicted molar refractivity (Wildman–Crippen MR) is 66.0 cm³/mol. The molecule has 0 atom stereocenters. The van der Waals surface area contributed by atoms with E-state index in [1.54, 1.807) is 6.07 Å². The molecule has 1 aromatic carbocycles. The summed E-state index contributed by atoms with van der Waals surface area (Å²) in [5.41, 5.74) is 7.91. The average Bonchev–Trinajstić information content (AvgIpc) is 3.01. The number of nitrogens with two attached hydrogens (primary N) is 1. The van der Waals surface area contributed by atoms with Crippen LogP contribution >= 0.6 is 15.9 Å². The van der Waals surface area contributed by atoms with Gasteiger partial charge in [-0.25, -0.2) is 0 Å². The van der Waals surface area contributed by atoms with E-state index >= 15 is 0 Å². The number of nitrogens with zero attached hydrogens (tertiary/aromatic N) is 1. The molecule has 0 amide bonds. The normalized spacial score (nSPS) is 15.3. The Balaban J connectivity index is 1.99. The second-order valence-electron chi connectivity index (χ2n) is 4.13. The molecule has 3 rings (SSSR count). The standard InChI is InChI=1S/C12H11BrN2O/c13-10-5-8(11-6-12(14)15-16-11)3-4-9(10)7-1-2-7/h3-7H,1-2H2,(H2,14,15). The molecule has 1 aliphatic carbocycles. The third-order valence-electron chi connectivity index (χ3n) is 2.83. The summed E-state index contributed by atoms with van der Waals surface area (Å²) in [5, 5.41) is 3.68. The number of aromatic nitrogens is 1. The highest BCUT2D eigenvalue weighted by atomic mass is 79.9. The van der Waals surface area contributed by atoms with Gasteiger partial charge in [-0.15, -0.1) is 0 Å². The van der Waals surface area contributed by atoms with E-state index in [2.05, 4.69) is 39.3 Å². The van der Waals surface area contributed by atoms with E-state index in [1.165, 1.54) is 18.4 Å². The molecule has 4 heteroatoms. The number of hydrogen-bond donors (Lipinski definition) is 1. The summed E-state index contributed by atoms with van der Waals surface area (Å²) in [6.07, 6.45) is 2.60. The van der Waals surface area contributed by atoms with E-state index in [1.807, 2.05) is 0 Å². The SMILES string of the molecule is Nc1cc(-c2ccc(C3CC3)c(Br)c2)on1. The lowest BCUT2D eigenvalue weighted by atomic mass is 10.1. The Morgan fingerprint density at radius 3 is 2.69 bits per heavy atom. The first kappa shape index (κ1) is 9.90. The number of anilines is 1. The van der Waals surface area contributed by atoms with Crippen LogP contribution in [0.5, 0.6) is 0 Å². The molecule has 1 heterocycles. The molecule has 82 valence electrons. The fraction of sp³-hybridized carbons (Fsp3) is 0.250. The number of nitrogen functional groups attached to an aromatic ring is 1. The molecule has 1 aromatic heterocycles. The third kappa shape index (κ3) is 1.73. The molecule has 0 bridgehead atoms. The molecule has 2 N–H and O–H groups in total. The van der Waals surface area contributed by atoms with Crippen LogP contribution < -0.4 is 5.73 Å². The molecule has 0 unspecified atom stereocenters. The Kier molecular flexibility index (Phi) is 2.24. The molecule has 16 heavy (non-hydrogen) atoms. The van der Waals surface area contributed by atoms with Crippen molar-refractivity contribution in [2.45, 2.75) is 18.8 Å². The number of benzene rings is 1. The quantitative estimate of drug-likeness (QED) is 0.914. The van der Waals surface area contributed by atoms with Gasteiger partial charge in [0.15, 0.2) is 11.6 Å². The molecule has 1 aliphatic rings. The van der Waals surface area contributed by atoms with Crippen LogP contribution in [0.4, 0.5) is 5.82 Å². The summed E-state index contributed by atoms with van der Waals surface area (Å²) in [6, 6.07) is 8.00. The first-order valence-corrected chi connectivity index (χ1v) is 6.05. The number of rotatable bonds is 2. The van der Waals surface area contributed by atoms with Crippen molar-refractivity contribution in [3.63, 3.8) is 0 Å². The number of hydrogen-bond acceptors (Lipinski definition) is 3. The molecule has 1 saturated carbocycles. The van der Waals surface area contributed by atoms with Gasteiger partial charge in [-0.1, -0.05) is 33.2 Å². The second-order valence-corrected chi connectivity index (χ2v) is 4.98. The highest BCUT2D eigenvalue weighted by molar-refractivity contribution is 9.10. The average molecular weight is 279 g/mol. The molecule has 2 aromatic rings. The van der Waals surface area contributed by atoms with Crippen LogP contribution in [0.1, 0.15) is 24.3 Å². The minimum atomic E-state index is 0.414. The Morgan fingerprint density at radius 1 is 1.31 bits per heavy atom. The zero-order valence-electron chi connectivity index (χ0n) is 8.61. The predicted octanol–water partition coefficient (Wildman–Crippen LogP) is 3.56. The van der Waals surface area contributed by atoms with Gasteiger partial charge in [-0.05, 0) is 30.4 Å². The first-order chi connectivity index (χ1) is 7.74. The lowest BCUT2D eigenvalue weighted by Crippen LogP contribution is -1.83. The monoisotopic (exact) mass is 278 g/mol. The Bertz CT molecular complexity index is 532. The van der Waals surface area contributed by atoms with Crippen molar-refractivity contribution in [1.82, 2.24) is 5.16 Å². The Labute approximate surface area is 102 Å². The maximum absolute atomic E-state index is 5.53. The Morgan fingerprint density at radius 2 is 2.12 bits per heavy atom. The molecule has 0 spiro atoms. The van der Waals surface area contributed by atoms with Crippen LogP contribution in [0.3, 0.4) is 0 Å². The van der Waals surface area contributed by atoms with Gasteiger partial charge in [0.05, 0.1) is 0 Å². The van der Waals surface area contributed by atoms with Gasteiger partial charge < -0.3 is 10.3 Å². The molecular weight excluding hydrogens is 268 g/mol.